The number of esters is 1. The average molecular weight is 406 g/mol. The van der Waals surface area contributed by atoms with E-state index >= 15 is 0 Å². The molecule has 0 bridgehead atoms. The molecule has 0 radical (unpaired) electrons. The Morgan fingerprint density at radius 3 is 2.43 bits per heavy atom. The maximum absolute atomic E-state index is 12.1. The number of sulfonamides is 1. The van der Waals surface area contributed by atoms with Crippen molar-refractivity contribution >= 4 is 21.9 Å². The molecule has 28 heavy (non-hydrogen) atoms. The van der Waals surface area contributed by atoms with Crippen molar-refractivity contribution in [2.75, 3.05) is 13.7 Å². The molecule has 150 valence electrons. The van der Waals surface area contributed by atoms with Gasteiger partial charge in [-0.05, 0) is 42.3 Å². The maximum Gasteiger partial charge on any atom is 0.338 e. The van der Waals surface area contributed by atoms with Gasteiger partial charge >= 0.3 is 5.97 Å². The Bertz CT molecular complexity index is 941. The second-order valence-electron chi connectivity index (χ2n) is 6.11. The van der Waals surface area contributed by atoms with Crippen LogP contribution >= 0.6 is 0 Å². The minimum atomic E-state index is -3.77. The van der Waals surface area contributed by atoms with Crippen molar-refractivity contribution < 1.29 is 27.5 Å². The summed E-state index contributed by atoms with van der Waals surface area (Å²) in [6.45, 7) is 1.65. The van der Waals surface area contributed by atoms with Crippen LogP contribution in [0.5, 0.6) is 0 Å². The molecule has 3 N–H and O–H groups in total. The molecule has 2 rings (SSSR count). The van der Waals surface area contributed by atoms with Gasteiger partial charge in [0, 0.05) is 7.11 Å². The molecular weight excluding hydrogens is 384 g/mol. The van der Waals surface area contributed by atoms with Crippen LogP contribution in [0.1, 0.15) is 34.5 Å². The van der Waals surface area contributed by atoms with E-state index < -0.39 is 34.5 Å². The lowest BCUT2D eigenvalue weighted by atomic mass is 10.1. The quantitative estimate of drug-likeness (QED) is 0.640. The molecule has 0 saturated heterocycles. The number of ether oxygens (including phenoxy) is 2. The Labute approximate surface area is 163 Å². The van der Waals surface area contributed by atoms with Crippen molar-refractivity contribution in [1.82, 2.24) is 5.32 Å². The number of carbonyl (C=O) groups excluding carboxylic acids is 2. The minimum Gasteiger partial charge on any atom is -0.452 e. The number of carbonyl (C=O) groups is 2. The van der Waals surface area contributed by atoms with Crippen LogP contribution in [0.3, 0.4) is 0 Å². The molecule has 0 spiro atoms. The Morgan fingerprint density at radius 1 is 1.14 bits per heavy atom. The first kappa shape index (κ1) is 21.5. The molecule has 0 aromatic heterocycles. The highest BCUT2D eigenvalue weighted by molar-refractivity contribution is 7.89. The first-order valence-electron chi connectivity index (χ1n) is 8.38. The van der Waals surface area contributed by atoms with E-state index in [1.54, 1.807) is 44.4 Å². The van der Waals surface area contributed by atoms with Crippen LogP contribution < -0.4 is 10.5 Å². The monoisotopic (exact) mass is 406 g/mol. The molecule has 9 heteroatoms. The highest BCUT2D eigenvalue weighted by atomic mass is 32.2. The molecule has 0 fully saturated rings. The fraction of sp³-hybridized carbons (Fsp3) is 0.263. The molecule has 0 aliphatic rings. The maximum atomic E-state index is 12.1. The van der Waals surface area contributed by atoms with Gasteiger partial charge in [-0.2, -0.15) is 0 Å². The number of amides is 1. The largest absolute Gasteiger partial charge is 0.452 e. The number of methoxy groups -OCH3 is 1. The normalized spacial score (nSPS) is 12.2. The highest BCUT2D eigenvalue weighted by Crippen LogP contribution is 2.15. The van der Waals surface area contributed by atoms with Crippen LogP contribution in [-0.4, -0.2) is 34.0 Å². The van der Waals surface area contributed by atoms with Gasteiger partial charge in [-0.3, -0.25) is 4.79 Å². The molecule has 2 aromatic rings. The van der Waals surface area contributed by atoms with Gasteiger partial charge < -0.3 is 14.8 Å². The van der Waals surface area contributed by atoms with Crippen LogP contribution in [-0.2, 0) is 30.9 Å². The van der Waals surface area contributed by atoms with Crippen molar-refractivity contribution in [2.45, 2.75) is 24.5 Å². The Balaban J connectivity index is 1.89. The van der Waals surface area contributed by atoms with E-state index in [-0.39, 0.29) is 4.90 Å². The Hall–Kier alpha value is -2.75. The zero-order chi connectivity index (χ0) is 20.7. The standard InChI is InChI=1S/C19H22N2O6S/c1-13(15-6-8-17(9-7-15)28(20,24)25)21-18(22)12-27-19(23)16-5-3-4-14(10-16)11-26-2/h3-10,13H,11-12H2,1-2H3,(H,21,22)(H2,20,24,25)/t13-/m1/s1. The number of primary sulfonamides is 1. The second kappa shape index (κ2) is 9.45. The first-order valence-corrected chi connectivity index (χ1v) is 9.92. The van der Waals surface area contributed by atoms with Gasteiger partial charge in [0.1, 0.15) is 0 Å². The van der Waals surface area contributed by atoms with E-state index in [1.165, 1.54) is 12.1 Å². The van der Waals surface area contributed by atoms with Crippen molar-refractivity contribution in [2.24, 2.45) is 5.14 Å². The van der Waals surface area contributed by atoms with E-state index in [4.69, 9.17) is 14.6 Å². The van der Waals surface area contributed by atoms with Gasteiger partial charge in [-0.1, -0.05) is 24.3 Å². The lowest BCUT2D eigenvalue weighted by molar-refractivity contribution is -0.124. The third-order valence-electron chi connectivity index (χ3n) is 3.89. The Kier molecular flexibility index (Phi) is 7.27. The third-order valence-corrected chi connectivity index (χ3v) is 4.82. The summed E-state index contributed by atoms with van der Waals surface area (Å²) >= 11 is 0. The van der Waals surface area contributed by atoms with E-state index in [2.05, 4.69) is 5.32 Å². The summed E-state index contributed by atoms with van der Waals surface area (Å²) in [7, 11) is -2.22. The van der Waals surface area contributed by atoms with Gasteiger partial charge in [0.05, 0.1) is 23.1 Å². The van der Waals surface area contributed by atoms with Gasteiger partial charge in [-0.15, -0.1) is 0 Å². The zero-order valence-corrected chi connectivity index (χ0v) is 16.4. The molecule has 0 aliphatic heterocycles. The number of benzene rings is 2. The molecular formula is C19H22N2O6S. The summed E-state index contributed by atoms with van der Waals surface area (Å²) in [4.78, 5) is 24.1. The Morgan fingerprint density at radius 2 is 1.82 bits per heavy atom. The molecule has 0 heterocycles. The SMILES string of the molecule is COCc1cccc(C(=O)OCC(=O)N[C@H](C)c2ccc(S(N)(=O)=O)cc2)c1. The summed E-state index contributed by atoms with van der Waals surface area (Å²) in [5.74, 6) is -1.09. The van der Waals surface area contributed by atoms with Crippen LogP contribution in [0.2, 0.25) is 0 Å². The summed E-state index contributed by atoms with van der Waals surface area (Å²) in [5.41, 5.74) is 1.83. The highest BCUT2D eigenvalue weighted by Gasteiger charge is 2.14. The number of nitrogens with two attached hydrogens (primary N) is 1. The number of hydrogen-bond donors (Lipinski definition) is 2. The van der Waals surface area contributed by atoms with Crippen molar-refractivity contribution in [1.29, 1.82) is 0 Å². The molecule has 0 saturated carbocycles. The predicted octanol–water partition coefficient (Wildman–Crippen LogP) is 1.51. The van der Waals surface area contributed by atoms with E-state index in [9.17, 15) is 18.0 Å². The van der Waals surface area contributed by atoms with Crippen LogP contribution in [0, 0.1) is 0 Å². The van der Waals surface area contributed by atoms with Crippen molar-refractivity contribution in [3.05, 3.63) is 65.2 Å². The fourth-order valence-electron chi connectivity index (χ4n) is 2.48. The predicted molar refractivity (Wildman–Crippen MR) is 102 cm³/mol. The summed E-state index contributed by atoms with van der Waals surface area (Å²) in [6, 6.07) is 12.2. The molecule has 1 amide bonds. The molecule has 2 aromatic carbocycles. The van der Waals surface area contributed by atoms with Crippen LogP contribution in [0.4, 0.5) is 0 Å². The summed E-state index contributed by atoms with van der Waals surface area (Å²) < 4.78 is 32.6. The van der Waals surface area contributed by atoms with Gasteiger partial charge in [-0.25, -0.2) is 18.4 Å². The van der Waals surface area contributed by atoms with E-state index in [0.29, 0.717) is 17.7 Å². The third kappa shape index (κ3) is 6.15. The lowest BCUT2D eigenvalue weighted by Gasteiger charge is -2.15. The van der Waals surface area contributed by atoms with E-state index in [1.807, 2.05) is 6.07 Å². The molecule has 0 aliphatic carbocycles. The van der Waals surface area contributed by atoms with Gasteiger partial charge in [0.25, 0.3) is 5.91 Å². The zero-order valence-electron chi connectivity index (χ0n) is 15.5. The second-order valence-corrected chi connectivity index (χ2v) is 7.67. The van der Waals surface area contributed by atoms with Gasteiger partial charge in [0.15, 0.2) is 6.61 Å². The van der Waals surface area contributed by atoms with Crippen LogP contribution in [0.25, 0.3) is 0 Å². The molecule has 8 nitrogen and oxygen atoms in total. The first-order chi connectivity index (χ1) is 13.2. The van der Waals surface area contributed by atoms with Crippen molar-refractivity contribution in [3.8, 4) is 0 Å². The molecule has 0 unspecified atom stereocenters. The van der Waals surface area contributed by atoms with Crippen molar-refractivity contribution in [3.63, 3.8) is 0 Å². The van der Waals surface area contributed by atoms with E-state index in [0.717, 1.165) is 5.56 Å². The smallest absolute Gasteiger partial charge is 0.338 e. The minimum absolute atomic E-state index is 0.0144. The van der Waals surface area contributed by atoms with Gasteiger partial charge in [0.2, 0.25) is 10.0 Å². The molecule has 1 atom stereocenters. The summed E-state index contributed by atoms with van der Waals surface area (Å²) in [5, 5.41) is 7.73. The number of nitrogens with one attached hydrogen (secondary N) is 1. The summed E-state index contributed by atoms with van der Waals surface area (Å²) in [6.07, 6.45) is 0. The van der Waals surface area contributed by atoms with Crippen LogP contribution in [0.15, 0.2) is 53.4 Å². The fourth-order valence-corrected chi connectivity index (χ4v) is 3.00. The topological polar surface area (TPSA) is 125 Å². The number of hydrogen-bond acceptors (Lipinski definition) is 6. The average Bonchev–Trinajstić information content (AvgIpc) is 2.66. The lowest BCUT2D eigenvalue weighted by Crippen LogP contribution is -2.31. The number of rotatable bonds is 8.